The first-order valence-electron chi connectivity index (χ1n) is 15.9. The number of aliphatic hydroxyl groups is 2. The molecule has 0 bridgehead atoms. The van der Waals surface area contributed by atoms with Crippen molar-refractivity contribution in [2.24, 2.45) is 10.7 Å². The molecular formula is C32H39N3O14. The van der Waals surface area contributed by atoms with E-state index in [1.165, 1.54) is 7.05 Å². The van der Waals surface area contributed by atoms with Gasteiger partial charge in [0, 0.05) is 24.2 Å². The molecule has 7 atom stereocenters. The Kier molecular flexibility index (Phi) is 10.4. The van der Waals surface area contributed by atoms with Crippen LogP contribution in [0.15, 0.2) is 29.3 Å². The lowest BCUT2D eigenvalue weighted by atomic mass is 9.87. The minimum absolute atomic E-state index is 0.128. The molecule has 0 aliphatic carbocycles. The summed E-state index contributed by atoms with van der Waals surface area (Å²) in [6, 6.07) is 7.25. The van der Waals surface area contributed by atoms with Crippen LogP contribution in [0.4, 0.5) is 0 Å². The van der Waals surface area contributed by atoms with E-state index in [0.29, 0.717) is 36.0 Å². The van der Waals surface area contributed by atoms with Crippen molar-refractivity contribution in [3.05, 3.63) is 41.0 Å². The molecule has 1 saturated heterocycles. The normalized spacial score (nSPS) is 26.4. The average Bonchev–Trinajstić information content (AvgIpc) is 3.69. The maximum atomic E-state index is 11.8. The number of aliphatic imine (C=N–C) groups is 1. The number of benzene rings is 2. The second-order valence-corrected chi connectivity index (χ2v) is 11.9. The standard InChI is InChI=1S/C32H39N3O14/c1-3-4-5-6-15-7-16(8-18-27(15)42-12-19-17-9-21-22(44-14-43-21)10-20(17)45-28(18)19)48-49-30-29(47-35-32(33)34-2)26(39)23(46-31(30)40)13-41-25(38)11-24(36)37/h7-10,19,23,26,28-31,39-40H,3-6,11-14H2,1-2H3,(H,36,37)(H3,33,34,35). The Morgan fingerprint density at radius 1 is 1.04 bits per heavy atom. The zero-order chi connectivity index (χ0) is 34.7. The Hall–Kier alpha value is -4.55. The molecule has 1 fully saturated rings. The highest BCUT2D eigenvalue weighted by molar-refractivity contribution is 5.90. The Morgan fingerprint density at radius 3 is 2.59 bits per heavy atom. The van der Waals surface area contributed by atoms with Gasteiger partial charge < -0.3 is 54.4 Å². The molecule has 266 valence electrons. The topological polar surface area (TPSA) is 228 Å². The number of hydrogen-bond acceptors (Lipinski definition) is 14. The number of ether oxygens (including phenoxy) is 6. The smallest absolute Gasteiger partial charge is 0.317 e. The quantitative estimate of drug-likeness (QED) is 0.0380. The van der Waals surface area contributed by atoms with Crippen molar-refractivity contribution in [2.75, 3.05) is 27.1 Å². The third-order valence-corrected chi connectivity index (χ3v) is 8.59. The number of carboxylic acid groups (broad SMARTS) is 1. The van der Waals surface area contributed by atoms with E-state index >= 15 is 0 Å². The van der Waals surface area contributed by atoms with E-state index in [1.807, 2.05) is 12.1 Å². The van der Waals surface area contributed by atoms with Gasteiger partial charge >= 0.3 is 11.9 Å². The van der Waals surface area contributed by atoms with Crippen LogP contribution in [-0.4, -0.2) is 91.0 Å². The second kappa shape index (κ2) is 14.9. The number of aliphatic hydroxyl groups excluding tert-OH is 2. The van der Waals surface area contributed by atoms with Crippen LogP contribution >= 0.6 is 0 Å². The minimum Gasteiger partial charge on any atom is -0.492 e. The van der Waals surface area contributed by atoms with Crippen LogP contribution in [-0.2, 0) is 35.2 Å². The number of carbonyl (C=O) groups excluding carboxylic acids is 1. The van der Waals surface area contributed by atoms with E-state index in [9.17, 15) is 19.8 Å². The summed E-state index contributed by atoms with van der Waals surface area (Å²) in [4.78, 5) is 43.3. The van der Waals surface area contributed by atoms with Gasteiger partial charge in [0.25, 0.3) is 0 Å². The van der Waals surface area contributed by atoms with Gasteiger partial charge in [-0.2, -0.15) is 4.89 Å². The Labute approximate surface area is 280 Å². The SMILES string of the molecule is CCCCCc1cc(OOC2C(O)OC(COC(=O)CC(=O)O)C(O)C2ONC(N)=NC)cc2c1OCC1c3cc4c(cc3OC21)OCO4. The highest BCUT2D eigenvalue weighted by Gasteiger charge is 2.49. The molecule has 17 heteroatoms. The highest BCUT2D eigenvalue weighted by Crippen LogP contribution is 2.55. The molecule has 4 heterocycles. The third-order valence-electron chi connectivity index (χ3n) is 8.59. The maximum Gasteiger partial charge on any atom is 0.317 e. The molecule has 0 radical (unpaired) electrons. The monoisotopic (exact) mass is 689 g/mol. The number of rotatable bonds is 13. The Bertz CT molecular complexity index is 1570. The molecule has 6 N–H and O–H groups in total. The molecule has 4 aliphatic heterocycles. The van der Waals surface area contributed by atoms with Crippen LogP contribution in [0.5, 0.6) is 28.7 Å². The number of hydrogen-bond donors (Lipinski definition) is 5. The van der Waals surface area contributed by atoms with Gasteiger partial charge in [-0.15, -0.1) is 0 Å². The summed E-state index contributed by atoms with van der Waals surface area (Å²) in [6.07, 6.45) is -5.28. The number of hydroxylamine groups is 1. The number of carbonyl (C=O) groups is 2. The first-order valence-corrected chi connectivity index (χ1v) is 15.9. The number of nitrogens with one attached hydrogen (secondary N) is 1. The van der Waals surface area contributed by atoms with E-state index in [0.717, 1.165) is 36.0 Å². The van der Waals surface area contributed by atoms with Gasteiger partial charge in [-0.05, 0) is 36.6 Å². The van der Waals surface area contributed by atoms with Crippen LogP contribution in [0.2, 0.25) is 0 Å². The molecule has 7 unspecified atom stereocenters. The highest BCUT2D eigenvalue weighted by atomic mass is 17.2. The molecule has 4 aliphatic rings. The van der Waals surface area contributed by atoms with Crippen molar-refractivity contribution in [2.45, 2.75) is 81.8 Å². The zero-order valence-corrected chi connectivity index (χ0v) is 26.9. The van der Waals surface area contributed by atoms with Gasteiger partial charge in [-0.25, -0.2) is 5.48 Å². The summed E-state index contributed by atoms with van der Waals surface area (Å²) in [7, 11) is 1.40. The third kappa shape index (κ3) is 7.40. The molecule has 0 spiro atoms. The second-order valence-electron chi connectivity index (χ2n) is 11.9. The van der Waals surface area contributed by atoms with Crippen molar-refractivity contribution in [1.82, 2.24) is 5.48 Å². The van der Waals surface area contributed by atoms with E-state index in [-0.39, 0.29) is 24.4 Å². The molecule has 2 aromatic carbocycles. The maximum absolute atomic E-state index is 11.8. The predicted octanol–water partition coefficient (Wildman–Crippen LogP) is 1.37. The number of fused-ring (bicyclic) bond motifs is 6. The van der Waals surface area contributed by atoms with Gasteiger partial charge in [0.1, 0.15) is 48.9 Å². The van der Waals surface area contributed by atoms with Crippen LogP contribution in [0.1, 0.15) is 61.3 Å². The van der Waals surface area contributed by atoms with Crippen LogP contribution in [0, 0.1) is 0 Å². The van der Waals surface area contributed by atoms with Crippen molar-refractivity contribution in [3.8, 4) is 28.7 Å². The first-order chi connectivity index (χ1) is 23.7. The lowest BCUT2D eigenvalue weighted by Crippen LogP contribution is -2.62. The number of aliphatic carboxylic acids is 1. The van der Waals surface area contributed by atoms with Crippen LogP contribution in [0.3, 0.4) is 0 Å². The summed E-state index contributed by atoms with van der Waals surface area (Å²) in [5.41, 5.74) is 10.6. The lowest BCUT2D eigenvalue weighted by Gasteiger charge is -2.40. The fourth-order valence-electron chi connectivity index (χ4n) is 6.13. The van der Waals surface area contributed by atoms with Gasteiger partial charge in [0.05, 0.1) is 12.5 Å². The molecule has 17 nitrogen and oxygen atoms in total. The molecule has 0 saturated carbocycles. The zero-order valence-electron chi connectivity index (χ0n) is 26.9. The Morgan fingerprint density at radius 2 is 1.84 bits per heavy atom. The summed E-state index contributed by atoms with van der Waals surface area (Å²) in [5.74, 6) is 0.154. The number of unbranched alkanes of at least 4 members (excludes halogenated alkanes) is 2. The number of esters is 1. The van der Waals surface area contributed by atoms with E-state index < -0.39 is 61.8 Å². The number of carboxylic acids is 1. The van der Waals surface area contributed by atoms with Crippen molar-refractivity contribution in [1.29, 1.82) is 0 Å². The fraction of sp³-hybridized carbons (Fsp3) is 0.531. The Balaban J connectivity index is 1.22. The number of guanidine groups is 1. The lowest BCUT2D eigenvalue weighted by molar-refractivity contribution is -0.372. The van der Waals surface area contributed by atoms with E-state index in [1.54, 1.807) is 12.1 Å². The summed E-state index contributed by atoms with van der Waals surface area (Å²) < 4.78 is 34.3. The average molecular weight is 690 g/mol. The molecule has 0 aromatic heterocycles. The van der Waals surface area contributed by atoms with Gasteiger partial charge in [0.2, 0.25) is 12.8 Å². The van der Waals surface area contributed by atoms with Crippen molar-refractivity contribution >= 4 is 17.9 Å². The van der Waals surface area contributed by atoms with Crippen molar-refractivity contribution in [3.63, 3.8) is 0 Å². The minimum atomic E-state index is -1.77. The molecule has 6 rings (SSSR count). The van der Waals surface area contributed by atoms with Crippen LogP contribution in [0.25, 0.3) is 0 Å². The summed E-state index contributed by atoms with van der Waals surface area (Å²) in [6.45, 7) is 2.07. The number of nitrogens with two attached hydrogens (primary N) is 1. The number of aryl methyl sites for hydroxylation is 1. The van der Waals surface area contributed by atoms with Gasteiger partial charge in [0.15, 0.2) is 29.6 Å². The van der Waals surface area contributed by atoms with Crippen LogP contribution < -0.4 is 35.0 Å². The first kappa shape index (κ1) is 34.3. The molecule has 2 aromatic rings. The fourth-order valence-corrected chi connectivity index (χ4v) is 6.13. The van der Waals surface area contributed by atoms with E-state index in [4.69, 9.17) is 53.9 Å². The van der Waals surface area contributed by atoms with Gasteiger partial charge in [-0.3, -0.25) is 19.4 Å². The largest absolute Gasteiger partial charge is 0.492 e. The molecular weight excluding hydrogens is 650 g/mol. The molecule has 49 heavy (non-hydrogen) atoms. The van der Waals surface area contributed by atoms with Gasteiger partial charge in [-0.1, -0.05) is 19.8 Å². The molecule has 0 amide bonds. The van der Waals surface area contributed by atoms with E-state index in [2.05, 4.69) is 17.4 Å². The predicted molar refractivity (Wildman–Crippen MR) is 165 cm³/mol. The summed E-state index contributed by atoms with van der Waals surface area (Å²) >= 11 is 0. The summed E-state index contributed by atoms with van der Waals surface area (Å²) in [5, 5.41) is 30.8. The van der Waals surface area contributed by atoms with Crippen molar-refractivity contribution < 1.29 is 67.9 Å². The number of nitrogens with zero attached hydrogens (tertiary/aromatic N) is 1.